The zero-order chi connectivity index (χ0) is 13.2. The third kappa shape index (κ3) is 2.38. The number of rotatable bonds is 4. The Bertz CT molecular complexity index is 455. The Morgan fingerprint density at radius 3 is 2.78 bits per heavy atom. The maximum atomic E-state index is 13.8. The van der Waals surface area contributed by atoms with Gasteiger partial charge in [-0.1, -0.05) is 12.1 Å². The van der Waals surface area contributed by atoms with Crippen LogP contribution < -0.4 is 5.32 Å². The standard InChI is InChI=1S/C14H18FNO2/c1-10-4-2-5-11(12(10)15)13(18)16-14(8-9-17)6-3-7-14/h2,4-5,17H,3,6-9H2,1H3,(H,16,18). The van der Waals surface area contributed by atoms with Gasteiger partial charge in [0.05, 0.1) is 5.56 Å². The molecule has 1 aliphatic rings. The molecule has 2 N–H and O–H groups in total. The number of hydrogen-bond donors (Lipinski definition) is 2. The first kappa shape index (κ1) is 13.0. The van der Waals surface area contributed by atoms with Gasteiger partial charge in [0.2, 0.25) is 0 Å². The van der Waals surface area contributed by atoms with Crippen LogP contribution in [0, 0.1) is 12.7 Å². The molecule has 0 bridgehead atoms. The maximum absolute atomic E-state index is 13.8. The molecule has 2 rings (SSSR count). The highest BCUT2D eigenvalue weighted by molar-refractivity contribution is 5.95. The van der Waals surface area contributed by atoms with Gasteiger partial charge in [-0.05, 0) is 44.2 Å². The fraction of sp³-hybridized carbons (Fsp3) is 0.500. The first-order valence-corrected chi connectivity index (χ1v) is 6.26. The highest BCUT2D eigenvalue weighted by Gasteiger charge is 2.38. The number of benzene rings is 1. The van der Waals surface area contributed by atoms with Crippen LogP contribution in [0.1, 0.15) is 41.6 Å². The first-order valence-electron chi connectivity index (χ1n) is 6.26. The molecule has 1 amide bonds. The minimum atomic E-state index is -0.464. The van der Waals surface area contributed by atoms with E-state index in [1.165, 1.54) is 6.07 Å². The molecule has 0 spiro atoms. The second kappa shape index (κ2) is 5.06. The van der Waals surface area contributed by atoms with Gasteiger partial charge in [-0.15, -0.1) is 0 Å². The van der Waals surface area contributed by atoms with Gasteiger partial charge in [0.15, 0.2) is 0 Å². The minimum absolute atomic E-state index is 0.0383. The number of carbonyl (C=O) groups is 1. The van der Waals surface area contributed by atoms with E-state index < -0.39 is 5.82 Å². The van der Waals surface area contributed by atoms with Crippen LogP contribution >= 0.6 is 0 Å². The van der Waals surface area contributed by atoms with Crippen molar-refractivity contribution in [3.63, 3.8) is 0 Å². The quantitative estimate of drug-likeness (QED) is 0.861. The summed E-state index contributed by atoms with van der Waals surface area (Å²) in [4.78, 5) is 12.1. The number of hydrogen-bond acceptors (Lipinski definition) is 2. The lowest BCUT2D eigenvalue weighted by Gasteiger charge is -2.42. The van der Waals surface area contributed by atoms with Crippen LogP contribution in [0.4, 0.5) is 4.39 Å². The summed E-state index contributed by atoms with van der Waals surface area (Å²) >= 11 is 0. The zero-order valence-electron chi connectivity index (χ0n) is 10.5. The molecular formula is C14H18FNO2. The summed E-state index contributed by atoms with van der Waals surface area (Å²) in [6, 6.07) is 4.80. The summed E-state index contributed by atoms with van der Waals surface area (Å²) < 4.78 is 13.8. The fourth-order valence-electron chi connectivity index (χ4n) is 2.39. The van der Waals surface area contributed by atoms with E-state index >= 15 is 0 Å². The lowest BCUT2D eigenvalue weighted by atomic mass is 9.74. The Hall–Kier alpha value is -1.42. The van der Waals surface area contributed by atoms with Gasteiger partial charge in [0.1, 0.15) is 5.82 Å². The smallest absolute Gasteiger partial charge is 0.254 e. The van der Waals surface area contributed by atoms with Crippen LogP contribution in [0.15, 0.2) is 18.2 Å². The number of aryl methyl sites for hydroxylation is 1. The molecule has 1 aromatic rings. The highest BCUT2D eigenvalue weighted by atomic mass is 19.1. The molecule has 0 saturated heterocycles. The lowest BCUT2D eigenvalue weighted by Crippen LogP contribution is -2.54. The predicted molar refractivity (Wildman–Crippen MR) is 66.9 cm³/mol. The van der Waals surface area contributed by atoms with Crippen LogP contribution in [0.3, 0.4) is 0 Å². The number of amides is 1. The normalized spacial score (nSPS) is 17.1. The van der Waals surface area contributed by atoms with Crippen molar-refractivity contribution in [3.05, 3.63) is 35.1 Å². The molecule has 0 radical (unpaired) electrons. The highest BCUT2D eigenvalue weighted by Crippen LogP contribution is 2.35. The van der Waals surface area contributed by atoms with Crippen molar-refractivity contribution in [2.45, 2.75) is 38.1 Å². The average Bonchev–Trinajstić information content (AvgIpc) is 2.30. The van der Waals surface area contributed by atoms with Gasteiger partial charge in [-0.3, -0.25) is 4.79 Å². The SMILES string of the molecule is Cc1cccc(C(=O)NC2(CCO)CCC2)c1F. The second-order valence-corrected chi connectivity index (χ2v) is 5.00. The molecule has 98 valence electrons. The van der Waals surface area contributed by atoms with Gasteiger partial charge in [-0.2, -0.15) is 0 Å². The van der Waals surface area contributed by atoms with E-state index in [9.17, 15) is 9.18 Å². The third-order valence-corrected chi connectivity index (χ3v) is 3.72. The van der Waals surface area contributed by atoms with Gasteiger partial charge in [-0.25, -0.2) is 4.39 Å². The monoisotopic (exact) mass is 251 g/mol. The van der Waals surface area contributed by atoms with Crippen molar-refractivity contribution in [2.24, 2.45) is 0 Å². The summed E-state index contributed by atoms with van der Waals surface area (Å²) in [6.07, 6.45) is 3.28. The fourth-order valence-corrected chi connectivity index (χ4v) is 2.39. The Morgan fingerprint density at radius 2 is 2.22 bits per heavy atom. The van der Waals surface area contributed by atoms with E-state index in [2.05, 4.69) is 5.32 Å². The number of carbonyl (C=O) groups excluding carboxylic acids is 1. The van der Waals surface area contributed by atoms with E-state index in [1.54, 1.807) is 19.1 Å². The van der Waals surface area contributed by atoms with Gasteiger partial charge >= 0.3 is 0 Å². The molecule has 1 aromatic carbocycles. The largest absolute Gasteiger partial charge is 0.396 e. The number of aliphatic hydroxyl groups is 1. The Morgan fingerprint density at radius 1 is 1.50 bits per heavy atom. The Balaban J connectivity index is 2.14. The van der Waals surface area contributed by atoms with E-state index in [0.29, 0.717) is 12.0 Å². The Kier molecular flexibility index (Phi) is 3.66. The molecule has 0 aromatic heterocycles. The summed E-state index contributed by atoms with van der Waals surface area (Å²) in [5, 5.41) is 11.9. The molecule has 0 atom stereocenters. The summed E-state index contributed by atoms with van der Waals surface area (Å²) in [7, 11) is 0. The van der Waals surface area contributed by atoms with E-state index in [0.717, 1.165) is 19.3 Å². The molecule has 3 nitrogen and oxygen atoms in total. The van der Waals surface area contributed by atoms with Crippen LogP contribution in [0.5, 0.6) is 0 Å². The number of aliphatic hydroxyl groups excluding tert-OH is 1. The van der Waals surface area contributed by atoms with Crippen LogP contribution in [0.2, 0.25) is 0 Å². The van der Waals surface area contributed by atoms with E-state index in [1.807, 2.05) is 0 Å². The van der Waals surface area contributed by atoms with Crippen molar-refractivity contribution in [1.29, 1.82) is 0 Å². The van der Waals surface area contributed by atoms with E-state index in [-0.39, 0.29) is 23.6 Å². The van der Waals surface area contributed by atoms with Crippen molar-refractivity contribution < 1.29 is 14.3 Å². The minimum Gasteiger partial charge on any atom is -0.396 e. The molecule has 0 unspecified atom stereocenters. The molecule has 0 aliphatic heterocycles. The average molecular weight is 251 g/mol. The summed E-state index contributed by atoms with van der Waals surface area (Å²) in [5.41, 5.74) is 0.217. The lowest BCUT2D eigenvalue weighted by molar-refractivity contribution is 0.0767. The summed E-state index contributed by atoms with van der Waals surface area (Å²) in [5.74, 6) is -0.849. The zero-order valence-corrected chi connectivity index (χ0v) is 10.5. The molecule has 1 saturated carbocycles. The topological polar surface area (TPSA) is 49.3 Å². The van der Waals surface area contributed by atoms with Crippen LogP contribution in [0.25, 0.3) is 0 Å². The van der Waals surface area contributed by atoms with Gasteiger partial charge in [0, 0.05) is 12.1 Å². The summed E-state index contributed by atoms with van der Waals surface area (Å²) in [6.45, 7) is 1.68. The van der Waals surface area contributed by atoms with E-state index in [4.69, 9.17) is 5.11 Å². The maximum Gasteiger partial charge on any atom is 0.254 e. The predicted octanol–water partition coefficient (Wildman–Crippen LogP) is 2.17. The van der Waals surface area contributed by atoms with Crippen molar-refractivity contribution >= 4 is 5.91 Å². The van der Waals surface area contributed by atoms with Crippen molar-refractivity contribution in [3.8, 4) is 0 Å². The number of halogens is 1. The van der Waals surface area contributed by atoms with Gasteiger partial charge < -0.3 is 10.4 Å². The van der Waals surface area contributed by atoms with Crippen molar-refractivity contribution in [2.75, 3.05) is 6.61 Å². The van der Waals surface area contributed by atoms with Gasteiger partial charge in [0.25, 0.3) is 5.91 Å². The molecule has 4 heteroatoms. The second-order valence-electron chi connectivity index (χ2n) is 5.00. The molecular weight excluding hydrogens is 233 g/mol. The first-order chi connectivity index (χ1) is 8.58. The van der Waals surface area contributed by atoms with Crippen molar-refractivity contribution in [1.82, 2.24) is 5.32 Å². The molecule has 0 heterocycles. The molecule has 1 aliphatic carbocycles. The molecule has 1 fully saturated rings. The van der Waals surface area contributed by atoms with Crippen LogP contribution in [-0.4, -0.2) is 23.2 Å². The Labute approximate surface area is 106 Å². The number of nitrogens with one attached hydrogen (secondary N) is 1. The van der Waals surface area contributed by atoms with Crippen LogP contribution in [-0.2, 0) is 0 Å². The molecule has 18 heavy (non-hydrogen) atoms. The third-order valence-electron chi connectivity index (χ3n) is 3.72.